The number of thioether (sulfide) groups is 1. The second-order valence-corrected chi connectivity index (χ2v) is 12.1. The maximum atomic E-state index is 5.21. The molecule has 0 radical (unpaired) electrons. The lowest BCUT2D eigenvalue weighted by atomic mass is 9.50. The fraction of sp³-hybridized carbons (Fsp3) is 0.407. The summed E-state index contributed by atoms with van der Waals surface area (Å²) < 4.78 is 2.15. The summed E-state index contributed by atoms with van der Waals surface area (Å²) in [6.07, 6.45) is 12.1. The zero-order valence-electron chi connectivity index (χ0n) is 19.0. The Bertz CT molecular complexity index is 1260. The Morgan fingerprint density at radius 3 is 2.32 bits per heavy atom. The van der Waals surface area contributed by atoms with Gasteiger partial charge in [0.25, 0.3) is 0 Å². The molecule has 0 atom stereocenters. The molecule has 7 heteroatoms. The third kappa shape index (κ3) is 3.60. The Kier molecular flexibility index (Phi) is 5.09. The highest BCUT2D eigenvalue weighted by Crippen LogP contribution is 2.61. The summed E-state index contributed by atoms with van der Waals surface area (Å²) in [7, 11) is 0. The average molecular weight is 486 g/mol. The van der Waals surface area contributed by atoms with Gasteiger partial charge in [-0.15, -0.1) is 21.5 Å². The third-order valence-corrected chi connectivity index (χ3v) is 10.1. The highest BCUT2D eigenvalue weighted by atomic mass is 32.2. The van der Waals surface area contributed by atoms with Crippen molar-refractivity contribution in [2.24, 2.45) is 17.8 Å². The molecule has 0 amide bonds. The van der Waals surface area contributed by atoms with Crippen LogP contribution in [0, 0.1) is 17.8 Å². The van der Waals surface area contributed by atoms with E-state index in [1.165, 1.54) is 49.2 Å². The number of aromatic nitrogens is 5. The number of thiazole rings is 1. The van der Waals surface area contributed by atoms with Gasteiger partial charge in [-0.1, -0.05) is 30.0 Å². The first-order valence-corrected chi connectivity index (χ1v) is 14.1. The fourth-order valence-electron chi connectivity index (χ4n) is 6.99. The van der Waals surface area contributed by atoms with E-state index in [0.717, 1.165) is 45.7 Å². The molecule has 4 aromatic rings. The molecule has 8 rings (SSSR count). The number of nitrogens with zero attached hydrogens (tertiary/aromatic N) is 5. The minimum atomic E-state index is 0.376. The number of pyridine rings is 1. The van der Waals surface area contributed by atoms with E-state index in [0.29, 0.717) is 5.41 Å². The molecule has 172 valence electrons. The molecule has 1 aromatic carbocycles. The van der Waals surface area contributed by atoms with Crippen molar-refractivity contribution in [1.82, 2.24) is 24.7 Å². The third-order valence-electron chi connectivity index (χ3n) is 7.98. The van der Waals surface area contributed by atoms with Crippen LogP contribution in [0.2, 0.25) is 0 Å². The van der Waals surface area contributed by atoms with Crippen LogP contribution in [0.5, 0.6) is 0 Å². The van der Waals surface area contributed by atoms with Gasteiger partial charge in [-0.25, -0.2) is 4.98 Å². The number of rotatable bonds is 6. The largest absolute Gasteiger partial charge is 0.270 e. The number of hydrogen-bond donors (Lipinski definition) is 0. The molecular weight excluding hydrogens is 458 g/mol. The Balaban J connectivity index is 1.16. The second-order valence-electron chi connectivity index (χ2n) is 10.3. The molecule has 4 fully saturated rings. The van der Waals surface area contributed by atoms with Crippen molar-refractivity contribution < 1.29 is 0 Å². The van der Waals surface area contributed by atoms with Crippen molar-refractivity contribution in [2.45, 2.75) is 54.8 Å². The SMILES string of the molecule is c1ccc(-n2c(SCc3csc(C45CC6CC(CC(C6)C4)C5)n3)nnc2-c2ccncc2)cc1. The van der Waals surface area contributed by atoms with E-state index in [1.54, 1.807) is 24.2 Å². The van der Waals surface area contributed by atoms with Gasteiger partial charge in [0.15, 0.2) is 11.0 Å². The smallest absolute Gasteiger partial charge is 0.196 e. The maximum absolute atomic E-state index is 5.21. The van der Waals surface area contributed by atoms with E-state index >= 15 is 0 Å². The summed E-state index contributed by atoms with van der Waals surface area (Å²) in [6.45, 7) is 0. The quantitative estimate of drug-likeness (QED) is 0.290. The van der Waals surface area contributed by atoms with Crippen molar-refractivity contribution in [3.63, 3.8) is 0 Å². The van der Waals surface area contributed by atoms with Gasteiger partial charge >= 0.3 is 0 Å². The van der Waals surface area contributed by atoms with Crippen molar-refractivity contribution >= 4 is 23.1 Å². The normalized spacial score (nSPS) is 27.4. The highest BCUT2D eigenvalue weighted by Gasteiger charge is 2.52. The molecule has 4 saturated carbocycles. The van der Waals surface area contributed by atoms with Gasteiger partial charge in [0, 0.05) is 40.2 Å². The Labute approximate surface area is 208 Å². The van der Waals surface area contributed by atoms with Crippen LogP contribution in [0.3, 0.4) is 0 Å². The first-order valence-electron chi connectivity index (χ1n) is 12.2. The first-order chi connectivity index (χ1) is 16.8. The molecule has 4 aliphatic carbocycles. The van der Waals surface area contributed by atoms with E-state index in [2.05, 4.69) is 49.4 Å². The lowest BCUT2D eigenvalue weighted by Gasteiger charge is -2.56. The topological polar surface area (TPSA) is 56.5 Å². The summed E-state index contributed by atoms with van der Waals surface area (Å²) in [6, 6.07) is 14.3. The molecular formula is C27H27N5S2. The Hall–Kier alpha value is -2.51. The first kappa shape index (κ1) is 20.8. The molecule has 0 saturated heterocycles. The zero-order valence-corrected chi connectivity index (χ0v) is 20.6. The summed E-state index contributed by atoms with van der Waals surface area (Å²) in [5.41, 5.74) is 3.63. The van der Waals surface area contributed by atoms with E-state index in [4.69, 9.17) is 4.98 Å². The molecule has 3 heterocycles. The molecule has 5 nitrogen and oxygen atoms in total. The summed E-state index contributed by atoms with van der Waals surface area (Å²) in [5, 5.41) is 13.7. The highest BCUT2D eigenvalue weighted by molar-refractivity contribution is 7.98. The van der Waals surface area contributed by atoms with Crippen LogP contribution in [-0.2, 0) is 11.2 Å². The predicted octanol–water partition coefficient (Wildman–Crippen LogP) is 6.55. The van der Waals surface area contributed by atoms with Gasteiger partial charge in [0.05, 0.1) is 10.7 Å². The predicted molar refractivity (Wildman–Crippen MR) is 136 cm³/mol. The maximum Gasteiger partial charge on any atom is 0.196 e. The van der Waals surface area contributed by atoms with Gasteiger partial charge in [-0.2, -0.15) is 0 Å². The Morgan fingerprint density at radius 1 is 0.912 bits per heavy atom. The van der Waals surface area contributed by atoms with E-state index in [-0.39, 0.29) is 0 Å². The molecule has 4 bridgehead atoms. The Morgan fingerprint density at radius 2 is 1.62 bits per heavy atom. The van der Waals surface area contributed by atoms with Crippen LogP contribution in [0.1, 0.15) is 49.2 Å². The number of benzene rings is 1. The van der Waals surface area contributed by atoms with E-state index < -0.39 is 0 Å². The minimum Gasteiger partial charge on any atom is -0.270 e. The molecule has 0 unspecified atom stereocenters. The van der Waals surface area contributed by atoms with Crippen molar-refractivity contribution in [3.05, 3.63) is 70.9 Å². The van der Waals surface area contributed by atoms with E-state index in [1.807, 2.05) is 29.5 Å². The molecule has 0 aliphatic heterocycles. The molecule has 0 spiro atoms. The van der Waals surface area contributed by atoms with Gasteiger partial charge in [0.1, 0.15) is 0 Å². The van der Waals surface area contributed by atoms with Crippen LogP contribution >= 0.6 is 23.1 Å². The minimum absolute atomic E-state index is 0.376. The van der Waals surface area contributed by atoms with Crippen molar-refractivity contribution in [3.8, 4) is 17.1 Å². The number of para-hydroxylation sites is 1. The van der Waals surface area contributed by atoms with Crippen LogP contribution < -0.4 is 0 Å². The lowest BCUT2D eigenvalue weighted by molar-refractivity contribution is -0.00532. The average Bonchev–Trinajstić information content (AvgIpc) is 3.51. The van der Waals surface area contributed by atoms with Crippen molar-refractivity contribution in [2.75, 3.05) is 0 Å². The summed E-state index contributed by atoms with van der Waals surface area (Å²) in [5.74, 6) is 4.49. The standard InChI is InChI=1S/C27H27N5S2/c1-2-4-23(5-3-1)32-24(21-6-8-28-9-7-21)30-31-26(32)34-17-22-16-33-25(29-22)27-13-18-10-19(14-27)12-20(11-18)15-27/h1-9,16,18-20H,10-15,17H2. The van der Waals surface area contributed by atoms with Gasteiger partial charge < -0.3 is 0 Å². The van der Waals surface area contributed by atoms with Gasteiger partial charge in [-0.05, 0) is 80.5 Å². The van der Waals surface area contributed by atoms with Crippen LogP contribution in [-0.4, -0.2) is 24.7 Å². The summed E-state index contributed by atoms with van der Waals surface area (Å²) >= 11 is 3.62. The van der Waals surface area contributed by atoms with Gasteiger partial charge in [0.2, 0.25) is 0 Å². The summed E-state index contributed by atoms with van der Waals surface area (Å²) in [4.78, 5) is 9.37. The number of hydrogen-bond acceptors (Lipinski definition) is 6. The van der Waals surface area contributed by atoms with Crippen LogP contribution in [0.15, 0.2) is 65.4 Å². The lowest BCUT2D eigenvalue weighted by Crippen LogP contribution is -2.48. The monoisotopic (exact) mass is 485 g/mol. The van der Waals surface area contributed by atoms with Crippen LogP contribution in [0.4, 0.5) is 0 Å². The second kappa shape index (κ2) is 8.31. The van der Waals surface area contributed by atoms with E-state index in [9.17, 15) is 0 Å². The van der Waals surface area contributed by atoms with Crippen LogP contribution in [0.25, 0.3) is 17.1 Å². The molecule has 34 heavy (non-hydrogen) atoms. The van der Waals surface area contributed by atoms with Gasteiger partial charge in [-0.3, -0.25) is 9.55 Å². The molecule has 4 aliphatic rings. The molecule has 0 N–H and O–H groups in total. The fourth-order valence-corrected chi connectivity index (χ4v) is 8.99. The van der Waals surface area contributed by atoms with Crippen molar-refractivity contribution in [1.29, 1.82) is 0 Å². The zero-order chi connectivity index (χ0) is 22.5. The molecule has 3 aromatic heterocycles.